The van der Waals surface area contributed by atoms with Gasteiger partial charge < -0.3 is 9.88 Å². The summed E-state index contributed by atoms with van der Waals surface area (Å²) in [6.45, 7) is 6.89. The van der Waals surface area contributed by atoms with Crippen LogP contribution in [0.1, 0.15) is 59.6 Å². The third kappa shape index (κ3) is 5.07. The Balaban J connectivity index is 2.09. The summed E-state index contributed by atoms with van der Waals surface area (Å²) < 4.78 is 2.17. The average molecular weight is 403 g/mol. The number of carbonyl (C=O) groups excluding carboxylic acids is 1. The van der Waals surface area contributed by atoms with E-state index in [0.717, 1.165) is 36.2 Å². The number of anilines is 1. The Morgan fingerprint density at radius 3 is 2.33 bits per heavy atom. The lowest BCUT2D eigenvalue weighted by atomic mass is 10.0. The van der Waals surface area contributed by atoms with E-state index in [1.165, 1.54) is 5.56 Å². The zero-order valence-corrected chi connectivity index (χ0v) is 18.1. The molecular weight excluding hydrogens is 372 g/mol. The largest absolute Gasteiger partial charge is 0.343 e. The highest BCUT2D eigenvalue weighted by Crippen LogP contribution is 2.18. The van der Waals surface area contributed by atoms with E-state index >= 15 is 0 Å². The first-order valence-electron chi connectivity index (χ1n) is 10.7. The number of carbonyl (C=O) groups is 1. The molecule has 3 aromatic rings. The maximum Gasteiger partial charge on any atom is 0.261 e. The van der Waals surface area contributed by atoms with Crippen molar-refractivity contribution in [2.75, 3.05) is 5.32 Å². The van der Waals surface area contributed by atoms with Crippen LogP contribution in [0.15, 0.2) is 65.5 Å². The Bertz CT molecular complexity index is 1050. The molecule has 0 radical (unpaired) electrons. The summed E-state index contributed by atoms with van der Waals surface area (Å²) in [4.78, 5) is 26.1. The predicted molar refractivity (Wildman–Crippen MR) is 123 cm³/mol. The van der Waals surface area contributed by atoms with E-state index in [9.17, 15) is 9.59 Å². The molecule has 0 bridgehead atoms. The number of hydrogen-bond donors (Lipinski definition) is 1. The molecular formula is C26H30N2O2. The van der Waals surface area contributed by atoms with Gasteiger partial charge in [0.2, 0.25) is 0 Å². The fourth-order valence-electron chi connectivity index (χ4n) is 3.68. The van der Waals surface area contributed by atoms with Crippen molar-refractivity contribution >= 4 is 11.6 Å². The van der Waals surface area contributed by atoms with Crippen LogP contribution in [0.5, 0.6) is 0 Å². The summed E-state index contributed by atoms with van der Waals surface area (Å²) in [6, 6.07) is 19.3. The quantitative estimate of drug-likeness (QED) is 0.551. The fraction of sp³-hybridized carbons (Fsp3) is 0.308. The van der Waals surface area contributed by atoms with E-state index in [1.807, 2.05) is 37.3 Å². The van der Waals surface area contributed by atoms with E-state index in [4.69, 9.17) is 0 Å². The van der Waals surface area contributed by atoms with Crippen LogP contribution >= 0.6 is 0 Å². The van der Waals surface area contributed by atoms with Crippen LogP contribution in [0.2, 0.25) is 0 Å². The van der Waals surface area contributed by atoms with Crippen LogP contribution in [0.4, 0.5) is 5.69 Å². The van der Waals surface area contributed by atoms with Crippen LogP contribution in [0, 0.1) is 6.92 Å². The molecule has 1 amide bonds. The van der Waals surface area contributed by atoms with E-state index in [2.05, 4.69) is 48.0 Å². The molecule has 4 nitrogen and oxygen atoms in total. The molecule has 156 valence electrons. The fourth-order valence-corrected chi connectivity index (χ4v) is 3.68. The number of nitrogens with zero attached hydrogens (tertiary/aromatic N) is 1. The normalized spacial score (nSPS) is 10.8. The van der Waals surface area contributed by atoms with Gasteiger partial charge in [-0.15, -0.1) is 0 Å². The molecule has 30 heavy (non-hydrogen) atoms. The van der Waals surface area contributed by atoms with Crippen molar-refractivity contribution in [1.29, 1.82) is 0 Å². The molecule has 3 rings (SSSR count). The Hall–Kier alpha value is -3.14. The topological polar surface area (TPSA) is 51.1 Å². The molecule has 0 aliphatic rings. The van der Waals surface area contributed by atoms with E-state index in [-0.39, 0.29) is 16.9 Å². The first kappa shape index (κ1) is 21.6. The molecule has 1 aromatic heterocycles. The summed E-state index contributed by atoms with van der Waals surface area (Å²) >= 11 is 0. The van der Waals surface area contributed by atoms with Gasteiger partial charge in [-0.05, 0) is 43.9 Å². The molecule has 0 fully saturated rings. The molecule has 1 heterocycles. The number of rotatable bonds is 8. The Kier molecular flexibility index (Phi) is 7.23. The highest BCUT2D eigenvalue weighted by atomic mass is 16.2. The Morgan fingerprint density at radius 2 is 1.70 bits per heavy atom. The predicted octanol–water partition coefficient (Wildman–Crippen LogP) is 5.36. The number of hydrogen-bond acceptors (Lipinski definition) is 2. The minimum Gasteiger partial charge on any atom is -0.343 e. The zero-order chi connectivity index (χ0) is 21.5. The van der Waals surface area contributed by atoms with Gasteiger partial charge in [0.05, 0.1) is 0 Å². The van der Waals surface area contributed by atoms with Gasteiger partial charge >= 0.3 is 0 Å². The van der Waals surface area contributed by atoms with Crippen molar-refractivity contribution in [2.24, 2.45) is 0 Å². The molecule has 1 N–H and O–H groups in total. The molecule has 0 aliphatic heterocycles. The van der Waals surface area contributed by atoms with E-state index < -0.39 is 0 Å². The molecule has 4 heteroatoms. The molecule has 0 spiro atoms. The van der Waals surface area contributed by atoms with Crippen LogP contribution in [0.3, 0.4) is 0 Å². The van der Waals surface area contributed by atoms with Gasteiger partial charge in [-0.25, -0.2) is 0 Å². The molecule has 0 unspecified atom stereocenters. The van der Waals surface area contributed by atoms with Crippen LogP contribution < -0.4 is 10.7 Å². The number of pyridine rings is 1. The van der Waals surface area contributed by atoms with E-state index in [1.54, 1.807) is 6.07 Å². The van der Waals surface area contributed by atoms with Crippen molar-refractivity contribution in [3.05, 3.63) is 99.0 Å². The second-order valence-corrected chi connectivity index (χ2v) is 7.67. The smallest absolute Gasteiger partial charge is 0.261 e. The van der Waals surface area contributed by atoms with Gasteiger partial charge in [-0.2, -0.15) is 0 Å². The highest BCUT2D eigenvalue weighted by Gasteiger charge is 2.21. The van der Waals surface area contributed by atoms with Crippen molar-refractivity contribution in [3.8, 4) is 0 Å². The van der Waals surface area contributed by atoms with Crippen LogP contribution in [-0.4, -0.2) is 10.5 Å². The summed E-state index contributed by atoms with van der Waals surface area (Å²) in [5.74, 6) is -0.336. The minimum absolute atomic E-state index is 0.202. The van der Waals surface area contributed by atoms with Gasteiger partial charge in [0.25, 0.3) is 5.91 Å². The summed E-state index contributed by atoms with van der Waals surface area (Å²) in [5, 5.41) is 2.90. The van der Waals surface area contributed by atoms with Crippen molar-refractivity contribution in [1.82, 2.24) is 4.57 Å². The summed E-state index contributed by atoms with van der Waals surface area (Å²) in [7, 11) is 0. The lowest BCUT2D eigenvalue weighted by molar-refractivity contribution is 0.102. The zero-order valence-electron chi connectivity index (χ0n) is 18.1. The number of nitrogens with one attached hydrogen (secondary N) is 1. The van der Waals surface area contributed by atoms with Crippen molar-refractivity contribution in [2.45, 2.75) is 53.0 Å². The number of aromatic nitrogens is 1. The Morgan fingerprint density at radius 1 is 1.00 bits per heavy atom. The maximum atomic E-state index is 13.1. The second-order valence-electron chi connectivity index (χ2n) is 7.67. The SMILES string of the molecule is CCCCc1c(C(=O)Nc2ccccc2)c(=O)cc(CC)n1Cc1ccc(C)cc1. The first-order chi connectivity index (χ1) is 14.5. The first-order valence-corrected chi connectivity index (χ1v) is 10.7. The number of unbranched alkanes of at least 4 members (excludes halogenated alkanes) is 1. The standard InChI is InChI=1S/C26H30N2O2/c1-4-6-12-23-25(26(30)27-21-10-8-7-9-11-21)24(29)17-22(5-2)28(23)18-20-15-13-19(3)14-16-20/h7-11,13-17H,4-6,12,18H2,1-3H3,(H,27,30). The number of para-hydroxylation sites is 1. The summed E-state index contributed by atoms with van der Waals surface area (Å²) in [6.07, 6.45) is 3.35. The molecule has 0 aliphatic carbocycles. The van der Waals surface area contributed by atoms with Crippen LogP contribution in [-0.2, 0) is 19.4 Å². The van der Waals surface area contributed by atoms with Crippen LogP contribution in [0.25, 0.3) is 0 Å². The monoisotopic (exact) mass is 402 g/mol. The third-order valence-electron chi connectivity index (χ3n) is 5.35. The van der Waals surface area contributed by atoms with Gasteiger partial charge in [0.15, 0.2) is 5.43 Å². The lowest BCUT2D eigenvalue weighted by Crippen LogP contribution is -2.29. The molecule has 0 saturated heterocycles. The van der Waals surface area contributed by atoms with Crippen molar-refractivity contribution < 1.29 is 4.79 Å². The Labute approximate surface area is 178 Å². The maximum absolute atomic E-state index is 13.1. The van der Waals surface area contributed by atoms with E-state index in [0.29, 0.717) is 18.7 Å². The minimum atomic E-state index is -0.336. The lowest BCUT2D eigenvalue weighted by Gasteiger charge is -2.21. The third-order valence-corrected chi connectivity index (χ3v) is 5.35. The van der Waals surface area contributed by atoms with Gasteiger partial charge in [-0.3, -0.25) is 9.59 Å². The molecule has 0 saturated carbocycles. The second kappa shape index (κ2) is 10.1. The van der Waals surface area contributed by atoms with Gasteiger partial charge in [-0.1, -0.05) is 68.3 Å². The highest BCUT2D eigenvalue weighted by molar-refractivity contribution is 6.05. The van der Waals surface area contributed by atoms with Gasteiger partial charge in [0, 0.05) is 29.7 Å². The average Bonchev–Trinajstić information content (AvgIpc) is 2.75. The van der Waals surface area contributed by atoms with Crippen molar-refractivity contribution in [3.63, 3.8) is 0 Å². The number of amides is 1. The molecule has 0 atom stereocenters. The number of benzene rings is 2. The summed E-state index contributed by atoms with van der Waals surface area (Å²) in [5.41, 5.74) is 4.91. The van der Waals surface area contributed by atoms with Gasteiger partial charge in [0.1, 0.15) is 5.56 Å². The number of aryl methyl sites for hydroxylation is 2. The molecule has 2 aromatic carbocycles.